The van der Waals surface area contributed by atoms with E-state index in [4.69, 9.17) is 4.74 Å². The van der Waals surface area contributed by atoms with E-state index in [1.165, 1.54) is 6.20 Å². The van der Waals surface area contributed by atoms with Crippen LogP contribution in [0.5, 0.6) is 11.5 Å². The first-order valence-electron chi connectivity index (χ1n) is 5.31. The van der Waals surface area contributed by atoms with Gasteiger partial charge in [-0.1, -0.05) is 12.1 Å². The zero-order chi connectivity index (χ0) is 13.0. The SMILES string of the molecule is CNC(=O)c1cc(Oc2ccccc2Br)ccn1. The van der Waals surface area contributed by atoms with E-state index >= 15 is 0 Å². The van der Waals surface area contributed by atoms with Crippen molar-refractivity contribution in [2.45, 2.75) is 0 Å². The third kappa shape index (κ3) is 2.87. The Hall–Kier alpha value is -1.88. The first kappa shape index (κ1) is 12.6. The Morgan fingerprint density at radius 3 is 2.83 bits per heavy atom. The fourth-order valence-corrected chi connectivity index (χ4v) is 1.75. The highest BCUT2D eigenvalue weighted by atomic mass is 79.9. The molecule has 2 aromatic rings. The van der Waals surface area contributed by atoms with Crippen LogP contribution in [0.1, 0.15) is 10.5 Å². The van der Waals surface area contributed by atoms with Gasteiger partial charge in [-0.05, 0) is 34.1 Å². The smallest absolute Gasteiger partial charge is 0.269 e. The summed E-state index contributed by atoms with van der Waals surface area (Å²) in [5.41, 5.74) is 0.321. The molecule has 0 fully saturated rings. The van der Waals surface area contributed by atoms with Gasteiger partial charge in [0.2, 0.25) is 0 Å². The van der Waals surface area contributed by atoms with Crippen molar-refractivity contribution in [3.05, 3.63) is 52.8 Å². The molecule has 0 unspecified atom stereocenters. The lowest BCUT2D eigenvalue weighted by molar-refractivity contribution is 0.0958. The monoisotopic (exact) mass is 306 g/mol. The van der Waals surface area contributed by atoms with Crippen molar-refractivity contribution in [1.29, 1.82) is 0 Å². The van der Waals surface area contributed by atoms with Crippen LogP contribution >= 0.6 is 15.9 Å². The maximum atomic E-state index is 11.4. The molecular weight excluding hydrogens is 296 g/mol. The molecule has 1 amide bonds. The molecule has 0 aliphatic carbocycles. The van der Waals surface area contributed by atoms with Crippen molar-refractivity contribution in [2.75, 3.05) is 7.05 Å². The fourth-order valence-electron chi connectivity index (χ4n) is 1.38. The summed E-state index contributed by atoms with van der Waals surface area (Å²) in [7, 11) is 1.56. The number of ether oxygens (including phenoxy) is 1. The molecular formula is C13H11BrN2O2. The van der Waals surface area contributed by atoms with Gasteiger partial charge in [-0.3, -0.25) is 9.78 Å². The maximum Gasteiger partial charge on any atom is 0.269 e. The number of nitrogens with zero attached hydrogens (tertiary/aromatic N) is 1. The van der Waals surface area contributed by atoms with Crippen LogP contribution < -0.4 is 10.1 Å². The zero-order valence-corrected chi connectivity index (χ0v) is 11.3. The summed E-state index contributed by atoms with van der Waals surface area (Å²) >= 11 is 3.39. The number of para-hydroxylation sites is 1. The summed E-state index contributed by atoms with van der Waals surface area (Å²) in [4.78, 5) is 15.4. The molecule has 0 radical (unpaired) electrons. The Kier molecular flexibility index (Phi) is 3.94. The van der Waals surface area contributed by atoms with Gasteiger partial charge in [-0.2, -0.15) is 0 Å². The lowest BCUT2D eigenvalue weighted by Gasteiger charge is -2.08. The predicted octanol–water partition coefficient (Wildman–Crippen LogP) is 3.00. The number of benzene rings is 1. The lowest BCUT2D eigenvalue weighted by atomic mass is 10.3. The molecule has 0 saturated heterocycles. The molecule has 4 nitrogen and oxygen atoms in total. The molecule has 0 spiro atoms. The minimum Gasteiger partial charge on any atom is -0.456 e. The van der Waals surface area contributed by atoms with Crippen molar-refractivity contribution >= 4 is 21.8 Å². The number of hydrogen-bond acceptors (Lipinski definition) is 3. The van der Waals surface area contributed by atoms with Gasteiger partial charge in [0.25, 0.3) is 5.91 Å². The van der Waals surface area contributed by atoms with Crippen LogP contribution in [0, 0.1) is 0 Å². The van der Waals surface area contributed by atoms with E-state index in [1.54, 1.807) is 19.2 Å². The number of pyridine rings is 1. The molecule has 0 atom stereocenters. The number of carbonyl (C=O) groups is 1. The molecule has 0 bridgehead atoms. The second kappa shape index (κ2) is 5.64. The summed E-state index contributed by atoms with van der Waals surface area (Å²) in [5, 5.41) is 2.52. The van der Waals surface area contributed by atoms with Crippen molar-refractivity contribution < 1.29 is 9.53 Å². The summed E-state index contributed by atoms with van der Waals surface area (Å²) in [5.74, 6) is 1.01. The second-order valence-corrected chi connectivity index (χ2v) is 4.34. The van der Waals surface area contributed by atoms with Crippen molar-refractivity contribution in [3.63, 3.8) is 0 Å². The Bertz CT molecular complexity index is 572. The number of hydrogen-bond donors (Lipinski definition) is 1. The zero-order valence-electron chi connectivity index (χ0n) is 9.68. The van der Waals surface area contributed by atoms with Gasteiger partial charge in [0.05, 0.1) is 4.47 Å². The molecule has 1 heterocycles. The highest BCUT2D eigenvalue weighted by Crippen LogP contribution is 2.29. The number of aromatic nitrogens is 1. The van der Waals surface area contributed by atoms with Crippen LogP contribution in [-0.2, 0) is 0 Å². The number of halogens is 1. The van der Waals surface area contributed by atoms with E-state index in [9.17, 15) is 4.79 Å². The van der Waals surface area contributed by atoms with Gasteiger partial charge < -0.3 is 10.1 Å². The average molecular weight is 307 g/mol. The van der Waals surface area contributed by atoms with Crippen molar-refractivity contribution in [1.82, 2.24) is 10.3 Å². The Balaban J connectivity index is 2.25. The molecule has 92 valence electrons. The average Bonchev–Trinajstić information content (AvgIpc) is 2.41. The van der Waals surface area contributed by atoms with Gasteiger partial charge in [-0.25, -0.2) is 0 Å². The van der Waals surface area contributed by atoms with Gasteiger partial charge >= 0.3 is 0 Å². The highest BCUT2D eigenvalue weighted by molar-refractivity contribution is 9.10. The molecule has 0 saturated carbocycles. The molecule has 2 rings (SSSR count). The number of rotatable bonds is 3. The van der Waals surface area contributed by atoms with Crippen LogP contribution in [0.25, 0.3) is 0 Å². The molecule has 5 heteroatoms. The Morgan fingerprint density at radius 2 is 2.11 bits per heavy atom. The topological polar surface area (TPSA) is 51.2 Å². The molecule has 1 aromatic carbocycles. The van der Waals surface area contributed by atoms with Crippen LogP contribution in [-0.4, -0.2) is 17.9 Å². The van der Waals surface area contributed by atoms with Crippen LogP contribution in [0.4, 0.5) is 0 Å². The van der Waals surface area contributed by atoms with Crippen LogP contribution in [0.2, 0.25) is 0 Å². The standard InChI is InChI=1S/C13H11BrN2O2/c1-15-13(17)11-8-9(6-7-16-11)18-12-5-3-2-4-10(12)14/h2-8H,1H3,(H,15,17). The third-order valence-corrected chi connectivity index (χ3v) is 2.91. The largest absolute Gasteiger partial charge is 0.456 e. The maximum absolute atomic E-state index is 11.4. The quantitative estimate of drug-likeness (QED) is 0.948. The minimum absolute atomic E-state index is 0.243. The summed E-state index contributed by atoms with van der Waals surface area (Å²) in [6.45, 7) is 0. The van der Waals surface area contributed by atoms with Crippen molar-refractivity contribution in [2.24, 2.45) is 0 Å². The first-order valence-corrected chi connectivity index (χ1v) is 6.10. The fraction of sp³-hybridized carbons (Fsp3) is 0.0769. The number of nitrogens with one attached hydrogen (secondary N) is 1. The molecule has 0 aliphatic rings. The van der Waals surface area contributed by atoms with Crippen LogP contribution in [0.3, 0.4) is 0 Å². The minimum atomic E-state index is -0.243. The van der Waals surface area contributed by atoms with E-state index in [-0.39, 0.29) is 5.91 Å². The Morgan fingerprint density at radius 1 is 1.33 bits per heavy atom. The summed E-state index contributed by atoms with van der Waals surface area (Å²) in [6, 6.07) is 10.8. The highest BCUT2D eigenvalue weighted by Gasteiger charge is 2.07. The van der Waals surface area contributed by atoms with Gasteiger partial charge in [0.1, 0.15) is 17.2 Å². The molecule has 18 heavy (non-hydrogen) atoms. The predicted molar refractivity (Wildman–Crippen MR) is 71.8 cm³/mol. The van der Waals surface area contributed by atoms with E-state index in [0.717, 1.165) is 4.47 Å². The third-order valence-electron chi connectivity index (χ3n) is 2.26. The Labute approximate surface area is 113 Å². The molecule has 1 aromatic heterocycles. The van der Waals surface area contributed by atoms with E-state index in [2.05, 4.69) is 26.2 Å². The summed E-state index contributed by atoms with van der Waals surface area (Å²) in [6.07, 6.45) is 1.54. The van der Waals surface area contributed by atoms with Gasteiger partial charge in [0.15, 0.2) is 0 Å². The van der Waals surface area contributed by atoms with E-state index < -0.39 is 0 Å². The summed E-state index contributed by atoms with van der Waals surface area (Å²) < 4.78 is 6.53. The van der Waals surface area contributed by atoms with Gasteiger partial charge in [0, 0.05) is 19.3 Å². The van der Waals surface area contributed by atoms with E-state index in [0.29, 0.717) is 17.2 Å². The normalized spacial score (nSPS) is 9.89. The number of carbonyl (C=O) groups excluding carboxylic acids is 1. The molecule has 1 N–H and O–H groups in total. The second-order valence-electron chi connectivity index (χ2n) is 3.49. The first-order chi connectivity index (χ1) is 8.70. The van der Waals surface area contributed by atoms with E-state index in [1.807, 2.05) is 24.3 Å². The van der Waals surface area contributed by atoms with Crippen LogP contribution in [0.15, 0.2) is 47.1 Å². The van der Waals surface area contributed by atoms with Gasteiger partial charge in [-0.15, -0.1) is 0 Å². The molecule has 0 aliphatic heterocycles. The number of amides is 1. The lowest BCUT2D eigenvalue weighted by Crippen LogP contribution is -2.18. The van der Waals surface area contributed by atoms with Crippen molar-refractivity contribution in [3.8, 4) is 11.5 Å².